The lowest BCUT2D eigenvalue weighted by Gasteiger charge is -2.07. The standard InChI is InChI=1S/C15H14N2/c1-11-7-8-13-5-2-4-12-6-3-9-16-14(12)15(13)17-10-11/h2-4,6,8-10H,5,7H2,1H3. The predicted octanol–water partition coefficient (Wildman–Crippen LogP) is 3.52. The molecule has 0 unspecified atom stereocenters. The Balaban J connectivity index is 2.21. The van der Waals surface area contributed by atoms with E-state index in [1.807, 2.05) is 18.5 Å². The molecule has 0 atom stereocenters. The Bertz CT molecular complexity index is 574. The Morgan fingerprint density at radius 3 is 3.12 bits per heavy atom. The van der Waals surface area contributed by atoms with Crippen molar-refractivity contribution in [2.75, 3.05) is 0 Å². The molecular formula is C15H14N2. The summed E-state index contributed by atoms with van der Waals surface area (Å²) in [5.41, 5.74) is 5.76. The lowest BCUT2D eigenvalue weighted by molar-refractivity contribution is 1.18. The molecule has 0 fully saturated rings. The average molecular weight is 222 g/mol. The van der Waals surface area contributed by atoms with Crippen molar-refractivity contribution in [3.05, 3.63) is 59.1 Å². The second kappa shape index (κ2) is 4.13. The van der Waals surface area contributed by atoms with Crippen LogP contribution < -0.4 is 0 Å². The summed E-state index contributed by atoms with van der Waals surface area (Å²) in [6.07, 6.45) is 12.3. The van der Waals surface area contributed by atoms with Gasteiger partial charge in [-0.3, -0.25) is 9.98 Å². The zero-order valence-corrected chi connectivity index (χ0v) is 9.85. The van der Waals surface area contributed by atoms with Crippen LogP contribution in [0, 0.1) is 0 Å². The fraction of sp³-hybridized carbons (Fsp3) is 0.200. The number of allylic oxidation sites excluding steroid dienone is 4. The maximum absolute atomic E-state index is 4.61. The van der Waals surface area contributed by atoms with Crippen molar-refractivity contribution in [2.45, 2.75) is 19.8 Å². The van der Waals surface area contributed by atoms with E-state index in [2.05, 4.69) is 41.2 Å². The van der Waals surface area contributed by atoms with Crippen LogP contribution in [0.5, 0.6) is 0 Å². The van der Waals surface area contributed by atoms with Crippen LogP contribution in [0.25, 0.3) is 6.08 Å². The van der Waals surface area contributed by atoms with Gasteiger partial charge in [-0.05, 0) is 31.4 Å². The Morgan fingerprint density at radius 1 is 1.24 bits per heavy atom. The third-order valence-electron chi connectivity index (χ3n) is 3.09. The Hall–Kier alpha value is -1.96. The van der Waals surface area contributed by atoms with Gasteiger partial charge in [0, 0.05) is 18.0 Å². The molecule has 2 nitrogen and oxygen atoms in total. The molecule has 0 bridgehead atoms. The van der Waals surface area contributed by atoms with Gasteiger partial charge in [-0.25, -0.2) is 0 Å². The summed E-state index contributed by atoms with van der Waals surface area (Å²) in [4.78, 5) is 9.09. The van der Waals surface area contributed by atoms with E-state index in [-0.39, 0.29) is 0 Å². The zero-order valence-electron chi connectivity index (χ0n) is 9.85. The second-order valence-electron chi connectivity index (χ2n) is 4.43. The molecule has 84 valence electrons. The summed E-state index contributed by atoms with van der Waals surface area (Å²) in [6, 6.07) is 4.06. The van der Waals surface area contributed by atoms with E-state index >= 15 is 0 Å². The van der Waals surface area contributed by atoms with Gasteiger partial charge < -0.3 is 0 Å². The van der Waals surface area contributed by atoms with E-state index in [9.17, 15) is 0 Å². The normalized spacial score (nSPS) is 18.1. The summed E-state index contributed by atoms with van der Waals surface area (Å²) in [6.45, 7) is 2.11. The zero-order chi connectivity index (χ0) is 11.7. The van der Waals surface area contributed by atoms with Gasteiger partial charge in [-0.15, -0.1) is 0 Å². The van der Waals surface area contributed by atoms with Crippen molar-refractivity contribution >= 4 is 11.8 Å². The maximum Gasteiger partial charge on any atom is 0.0961 e. The van der Waals surface area contributed by atoms with Crippen molar-refractivity contribution in [3.8, 4) is 0 Å². The second-order valence-corrected chi connectivity index (χ2v) is 4.43. The molecule has 1 aromatic heterocycles. The highest BCUT2D eigenvalue weighted by atomic mass is 14.8. The Labute approximate surface area is 101 Å². The van der Waals surface area contributed by atoms with Gasteiger partial charge in [-0.2, -0.15) is 0 Å². The van der Waals surface area contributed by atoms with E-state index in [1.165, 1.54) is 11.1 Å². The molecule has 0 spiro atoms. The Kier molecular flexibility index (Phi) is 2.48. The van der Waals surface area contributed by atoms with E-state index in [0.717, 1.165) is 29.8 Å². The molecule has 0 aromatic carbocycles. The van der Waals surface area contributed by atoms with Gasteiger partial charge in [0.05, 0.1) is 11.4 Å². The smallest absolute Gasteiger partial charge is 0.0961 e. The largest absolute Gasteiger partial charge is 0.254 e. The monoisotopic (exact) mass is 222 g/mol. The molecule has 3 rings (SSSR count). The van der Waals surface area contributed by atoms with Gasteiger partial charge in [0.15, 0.2) is 0 Å². The van der Waals surface area contributed by atoms with E-state index < -0.39 is 0 Å². The summed E-state index contributed by atoms with van der Waals surface area (Å²) >= 11 is 0. The van der Waals surface area contributed by atoms with Crippen LogP contribution in [0.15, 0.2) is 52.8 Å². The van der Waals surface area contributed by atoms with Crippen LogP contribution in [0.4, 0.5) is 0 Å². The third kappa shape index (κ3) is 1.86. The minimum Gasteiger partial charge on any atom is -0.254 e. The SMILES string of the molecule is CC1=CN=C2C(=CC1)CC=Cc1cccnc12. The molecule has 1 aromatic rings. The number of nitrogens with zero attached hydrogens (tertiary/aromatic N) is 2. The summed E-state index contributed by atoms with van der Waals surface area (Å²) in [5, 5.41) is 0. The number of pyridine rings is 1. The molecule has 17 heavy (non-hydrogen) atoms. The maximum atomic E-state index is 4.61. The third-order valence-corrected chi connectivity index (χ3v) is 3.09. The summed E-state index contributed by atoms with van der Waals surface area (Å²) < 4.78 is 0. The molecule has 2 aliphatic rings. The number of aromatic nitrogens is 1. The molecule has 2 heterocycles. The van der Waals surface area contributed by atoms with E-state index in [4.69, 9.17) is 0 Å². The van der Waals surface area contributed by atoms with Gasteiger partial charge >= 0.3 is 0 Å². The predicted molar refractivity (Wildman–Crippen MR) is 70.9 cm³/mol. The van der Waals surface area contributed by atoms with Crippen LogP contribution in [-0.2, 0) is 0 Å². The fourth-order valence-electron chi connectivity index (χ4n) is 2.15. The molecule has 1 aliphatic heterocycles. The minimum atomic E-state index is 0.941. The number of hydrogen-bond donors (Lipinski definition) is 0. The van der Waals surface area contributed by atoms with E-state index in [0.29, 0.717) is 0 Å². The van der Waals surface area contributed by atoms with Crippen LogP contribution in [0.3, 0.4) is 0 Å². The van der Waals surface area contributed by atoms with Crippen molar-refractivity contribution in [1.29, 1.82) is 0 Å². The van der Waals surface area contributed by atoms with Crippen LogP contribution in [0.1, 0.15) is 31.0 Å². The highest BCUT2D eigenvalue weighted by Crippen LogP contribution is 2.24. The molecule has 1 aliphatic carbocycles. The molecule has 0 saturated heterocycles. The number of aliphatic imine (C=N–C) groups is 1. The van der Waals surface area contributed by atoms with Gasteiger partial charge in [-0.1, -0.05) is 29.9 Å². The molecule has 2 heteroatoms. The quantitative estimate of drug-likeness (QED) is 0.659. The van der Waals surface area contributed by atoms with Crippen molar-refractivity contribution in [3.63, 3.8) is 0 Å². The van der Waals surface area contributed by atoms with Crippen molar-refractivity contribution in [2.24, 2.45) is 4.99 Å². The first-order valence-corrected chi connectivity index (χ1v) is 5.89. The summed E-state index contributed by atoms with van der Waals surface area (Å²) in [7, 11) is 0. The van der Waals surface area contributed by atoms with Crippen molar-refractivity contribution < 1.29 is 0 Å². The minimum absolute atomic E-state index is 0.941. The summed E-state index contributed by atoms with van der Waals surface area (Å²) in [5.74, 6) is 0. The van der Waals surface area contributed by atoms with Crippen molar-refractivity contribution in [1.82, 2.24) is 4.98 Å². The molecule has 0 N–H and O–H groups in total. The molecule has 0 radical (unpaired) electrons. The highest BCUT2D eigenvalue weighted by Gasteiger charge is 2.16. The molecular weight excluding hydrogens is 208 g/mol. The molecule has 0 saturated carbocycles. The van der Waals surface area contributed by atoms with E-state index in [1.54, 1.807) is 0 Å². The number of hydrogen-bond acceptors (Lipinski definition) is 2. The number of fused-ring (bicyclic) bond motifs is 3. The number of rotatable bonds is 0. The lowest BCUT2D eigenvalue weighted by Crippen LogP contribution is -2.07. The Morgan fingerprint density at radius 2 is 2.18 bits per heavy atom. The fourth-order valence-corrected chi connectivity index (χ4v) is 2.15. The highest BCUT2D eigenvalue weighted by molar-refractivity contribution is 6.14. The van der Waals surface area contributed by atoms with Crippen LogP contribution in [-0.4, -0.2) is 10.7 Å². The first kappa shape index (κ1) is 10.2. The van der Waals surface area contributed by atoms with Gasteiger partial charge in [0.2, 0.25) is 0 Å². The topological polar surface area (TPSA) is 25.2 Å². The van der Waals surface area contributed by atoms with Crippen LogP contribution >= 0.6 is 0 Å². The average Bonchev–Trinajstić information content (AvgIpc) is 2.63. The lowest BCUT2D eigenvalue weighted by atomic mass is 10.0. The van der Waals surface area contributed by atoms with Crippen LogP contribution in [0.2, 0.25) is 0 Å². The first-order chi connectivity index (χ1) is 8.34. The van der Waals surface area contributed by atoms with Gasteiger partial charge in [0.25, 0.3) is 0 Å². The first-order valence-electron chi connectivity index (χ1n) is 5.89. The molecule has 0 amide bonds. The van der Waals surface area contributed by atoms with Gasteiger partial charge in [0.1, 0.15) is 0 Å².